The van der Waals surface area contributed by atoms with Crippen LogP contribution in [0.3, 0.4) is 0 Å². The zero-order valence-electron chi connectivity index (χ0n) is 10.2. The Morgan fingerprint density at radius 3 is 2.62 bits per heavy atom. The topological polar surface area (TPSA) is 52.6 Å². The predicted molar refractivity (Wildman–Crippen MR) is 62.1 cm³/mol. The third kappa shape index (κ3) is 1.96. The van der Waals surface area contributed by atoms with E-state index in [0.29, 0.717) is 12.6 Å². The number of carbonyl (C=O) groups is 1. The Morgan fingerprint density at radius 2 is 2.06 bits per heavy atom. The summed E-state index contributed by atoms with van der Waals surface area (Å²) in [6, 6.07) is 0.116. The van der Waals surface area contributed by atoms with Gasteiger partial charge in [0.25, 0.3) is 0 Å². The predicted octanol–water partition coefficient (Wildman–Crippen LogP) is 0.500. The second-order valence-corrected chi connectivity index (χ2v) is 5.57. The molecule has 2 N–H and O–H groups in total. The fourth-order valence-corrected chi connectivity index (χ4v) is 3.16. The quantitative estimate of drug-likeness (QED) is 0.721. The standard InChI is InChI=1S/C12H22N2O2/c1-12(2)8-13-11(16)10(7-15)14(12)9-5-3-4-6-9/h9-10,15H,3-8H2,1-2H3,(H,13,16). The maximum Gasteiger partial charge on any atom is 0.239 e. The van der Waals surface area contributed by atoms with Crippen LogP contribution >= 0.6 is 0 Å². The minimum atomic E-state index is -0.355. The number of hydrogen-bond donors (Lipinski definition) is 2. The van der Waals surface area contributed by atoms with Crippen molar-refractivity contribution >= 4 is 5.91 Å². The second-order valence-electron chi connectivity index (χ2n) is 5.57. The van der Waals surface area contributed by atoms with Gasteiger partial charge in [0.1, 0.15) is 6.04 Å². The largest absolute Gasteiger partial charge is 0.394 e. The number of nitrogens with one attached hydrogen (secondary N) is 1. The number of carbonyl (C=O) groups excluding carboxylic acids is 1. The summed E-state index contributed by atoms with van der Waals surface area (Å²) in [4.78, 5) is 14.0. The lowest BCUT2D eigenvalue weighted by Crippen LogP contribution is -2.68. The first-order valence-corrected chi connectivity index (χ1v) is 6.23. The number of aliphatic hydroxyl groups excluding tert-OH is 1. The number of hydrogen-bond acceptors (Lipinski definition) is 3. The van der Waals surface area contributed by atoms with Gasteiger partial charge in [-0.25, -0.2) is 0 Å². The first-order chi connectivity index (χ1) is 7.56. The van der Waals surface area contributed by atoms with Crippen molar-refractivity contribution in [2.75, 3.05) is 13.2 Å². The Morgan fingerprint density at radius 1 is 1.44 bits per heavy atom. The molecule has 1 atom stereocenters. The van der Waals surface area contributed by atoms with E-state index in [4.69, 9.17) is 0 Å². The molecule has 1 aliphatic carbocycles. The van der Waals surface area contributed by atoms with Crippen LogP contribution in [-0.4, -0.2) is 46.7 Å². The van der Waals surface area contributed by atoms with Crippen LogP contribution in [0.1, 0.15) is 39.5 Å². The van der Waals surface area contributed by atoms with Crippen molar-refractivity contribution in [2.45, 2.75) is 57.2 Å². The van der Waals surface area contributed by atoms with Gasteiger partial charge < -0.3 is 10.4 Å². The Labute approximate surface area is 97.0 Å². The molecular weight excluding hydrogens is 204 g/mol. The molecule has 0 aromatic heterocycles. The van der Waals surface area contributed by atoms with Crippen molar-refractivity contribution < 1.29 is 9.90 Å². The summed E-state index contributed by atoms with van der Waals surface area (Å²) < 4.78 is 0. The number of aliphatic hydroxyl groups is 1. The van der Waals surface area contributed by atoms with Gasteiger partial charge in [0.05, 0.1) is 6.61 Å². The molecule has 0 spiro atoms. The van der Waals surface area contributed by atoms with Gasteiger partial charge in [0.15, 0.2) is 0 Å². The zero-order chi connectivity index (χ0) is 11.8. The van der Waals surface area contributed by atoms with Crippen molar-refractivity contribution in [3.8, 4) is 0 Å². The van der Waals surface area contributed by atoms with Gasteiger partial charge in [-0.15, -0.1) is 0 Å². The summed E-state index contributed by atoms with van der Waals surface area (Å²) in [5.74, 6) is -0.0197. The molecule has 1 saturated carbocycles. The van der Waals surface area contributed by atoms with Crippen LogP contribution in [0.15, 0.2) is 0 Å². The van der Waals surface area contributed by atoms with Gasteiger partial charge in [-0.3, -0.25) is 9.69 Å². The smallest absolute Gasteiger partial charge is 0.239 e. The fourth-order valence-electron chi connectivity index (χ4n) is 3.16. The first-order valence-electron chi connectivity index (χ1n) is 6.23. The molecule has 92 valence electrons. The van der Waals surface area contributed by atoms with Crippen LogP contribution in [-0.2, 0) is 4.79 Å². The SMILES string of the molecule is CC1(C)CNC(=O)C(CO)N1C1CCCC1. The Balaban J connectivity index is 2.22. The molecule has 16 heavy (non-hydrogen) atoms. The molecule has 2 aliphatic rings. The molecular formula is C12H22N2O2. The van der Waals surface area contributed by atoms with Crippen LogP contribution < -0.4 is 5.32 Å². The van der Waals surface area contributed by atoms with E-state index in [2.05, 4.69) is 24.1 Å². The lowest BCUT2D eigenvalue weighted by molar-refractivity contribution is -0.139. The molecule has 1 saturated heterocycles. The third-order valence-corrected chi connectivity index (χ3v) is 3.92. The van der Waals surface area contributed by atoms with E-state index in [9.17, 15) is 9.90 Å². The van der Waals surface area contributed by atoms with Crippen molar-refractivity contribution in [1.82, 2.24) is 10.2 Å². The summed E-state index contributed by atoms with van der Waals surface area (Å²) in [6.45, 7) is 4.89. The molecule has 0 bridgehead atoms. The van der Waals surface area contributed by atoms with Crippen molar-refractivity contribution in [1.29, 1.82) is 0 Å². The Bertz CT molecular complexity index is 272. The van der Waals surface area contributed by atoms with E-state index in [0.717, 1.165) is 12.8 Å². The van der Waals surface area contributed by atoms with E-state index >= 15 is 0 Å². The van der Waals surface area contributed by atoms with Gasteiger partial charge in [-0.1, -0.05) is 12.8 Å². The highest BCUT2D eigenvalue weighted by atomic mass is 16.3. The van der Waals surface area contributed by atoms with Gasteiger partial charge in [-0.2, -0.15) is 0 Å². The number of rotatable bonds is 2. The molecule has 0 aromatic rings. The maximum atomic E-state index is 11.8. The number of amides is 1. The van der Waals surface area contributed by atoms with E-state index in [1.54, 1.807) is 0 Å². The van der Waals surface area contributed by atoms with Crippen LogP contribution in [0, 0.1) is 0 Å². The average Bonchev–Trinajstić information content (AvgIpc) is 2.74. The molecule has 0 radical (unpaired) electrons. The van der Waals surface area contributed by atoms with E-state index in [-0.39, 0.29) is 24.1 Å². The maximum absolute atomic E-state index is 11.8. The van der Waals surface area contributed by atoms with E-state index < -0.39 is 0 Å². The minimum absolute atomic E-state index is 0.0197. The van der Waals surface area contributed by atoms with Gasteiger partial charge in [0, 0.05) is 18.1 Å². The first kappa shape index (κ1) is 11.9. The average molecular weight is 226 g/mol. The molecule has 1 amide bonds. The van der Waals surface area contributed by atoms with Crippen molar-refractivity contribution in [3.05, 3.63) is 0 Å². The second kappa shape index (κ2) is 4.34. The number of nitrogens with zero attached hydrogens (tertiary/aromatic N) is 1. The van der Waals surface area contributed by atoms with Crippen molar-refractivity contribution in [3.63, 3.8) is 0 Å². The molecule has 0 aromatic carbocycles. The molecule has 1 heterocycles. The van der Waals surface area contributed by atoms with Crippen LogP contribution in [0.25, 0.3) is 0 Å². The summed E-state index contributed by atoms with van der Waals surface area (Å²) in [6.07, 6.45) is 4.81. The van der Waals surface area contributed by atoms with Crippen LogP contribution in [0.4, 0.5) is 0 Å². The van der Waals surface area contributed by atoms with E-state index in [1.807, 2.05) is 0 Å². The fraction of sp³-hybridized carbons (Fsp3) is 0.917. The third-order valence-electron chi connectivity index (χ3n) is 3.92. The summed E-state index contributed by atoms with van der Waals surface area (Å²) >= 11 is 0. The molecule has 2 rings (SSSR count). The lowest BCUT2D eigenvalue weighted by Gasteiger charge is -2.49. The highest BCUT2D eigenvalue weighted by Gasteiger charge is 2.44. The highest BCUT2D eigenvalue weighted by molar-refractivity contribution is 5.83. The lowest BCUT2D eigenvalue weighted by atomic mass is 9.92. The molecule has 1 aliphatic heterocycles. The Hall–Kier alpha value is -0.610. The summed E-state index contributed by atoms with van der Waals surface area (Å²) in [7, 11) is 0. The number of piperazine rings is 1. The van der Waals surface area contributed by atoms with Gasteiger partial charge in [-0.05, 0) is 26.7 Å². The Kier molecular flexibility index (Phi) is 3.22. The normalized spacial score (nSPS) is 31.7. The highest BCUT2D eigenvalue weighted by Crippen LogP contribution is 2.32. The summed E-state index contributed by atoms with van der Waals surface area (Å²) in [5.41, 5.74) is -0.0453. The van der Waals surface area contributed by atoms with Gasteiger partial charge in [0.2, 0.25) is 5.91 Å². The van der Waals surface area contributed by atoms with E-state index in [1.165, 1.54) is 12.8 Å². The van der Waals surface area contributed by atoms with Crippen LogP contribution in [0.2, 0.25) is 0 Å². The molecule has 1 unspecified atom stereocenters. The summed E-state index contributed by atoms with van der Waals surface area (Å²) in [5, 5.41) is 12.3. The zero-order valence-corrected chi connectivity index (χ0v) is 10.2. The minimum Gasteiger partial charge on any atom is -0.394 e. The molecule has 2 fully saturated rings. The van der Waals surface area contributed by atoms with Crippen molar-refractivity contribution in [2.24, 2.45) is 0 Å². The molecule has 4 nitrogen and oxygen atoms in total. The van der Waals surface area contributed by atoms with Gasteiger partial charge >= 0.3 is 0 Å². The molecule has 4 heteroatoms. The van der Waals surface area contributed by atoms with Crippen LogP contribution in [0.5, 0.6) is 0 Å². The monoisotopic (exact) mass is 226 g/mol.